The van der Waals surface area contributed by atoms with E-state index in [2.05, 4.69) is 19.1 Å². The van der Waals surface area contributed by atoms with Crippen molar-refractivity contribution in [2.24, 2.45) is 17.8 Å². The van der Waals surface area contributed by atoms with Gasteiger partial charge >= 0.3 is 0 Å². The molecule has 2 aromatic carbocycles. The zero-order valence-electron chi connectivity index (χ0n) is 20.9. The Labute approximate surface area is 204 Å². The van der Waals surface area contributed by atoms with Gasteiger partial charge in [0.25, 0.3) is 0 Å². The fourth-order valence-electron chi connectivity index (χ4n) is 6.12. The van der Waals surface area contributed by atoms with E-state index >= 15 is 8.78 Å². The average molecular weight is 467 g/mol. The zero-order valence-corrected chi connectivity index (χ0v) is 20.9. The van der Waals surface area contributed by atoms with Crippen molar-refractivity contribution in [2.45, 2.75) is 84.0 Å². The zero-order chi connectivity index (χ0) is 23.9. The molecule has 0 heterocycles. The second-order valence-corrected chi connectivity index (χ2v) is 10.4. The molecule has 0 radical (unpaired) electrons. The molecule has 0 N–H and O–H groups in total. The predicted molar refractivity (Wildman–Crippen MR) is 138 cm³/mol. The minimum atomic E-state index is -0.736. The molecule has 184 valence electrons. The Morgan fingerprint density at radius 2 is 1.59 bits per heavy atom. The van der Waals surface area contributed by atoms with E-state index in [4.69, 9.17) is 4.74 Å². The van der Waals surface area contributed by atoms with E-state index in [0.29, 0.717) is 23.3 Å². The number of benzene rings is 2. The summed E-state index contributed by atoms with van der Waals surface area (Å²) in [5, 5.41) is 1.06. The number of fused-ring (bicyclic) bond motifs is 1. The molecule has 0 saturated heterocycles. The molecule has 3 heteroatoms. The molecule has 0 aliphatic heterocycles. The molecular weight excluding hydrogens is 426 g/mol. The fourth-order valence-corrected chi connectivity index (χ4v) is 6.12. The summed E-state index contributed by atoms with van der Waals surface area (Å²) in [6, 6.07) is 7.19. The minimum absolute atomic E-state index is 0.120. The van der Waals surface area contributed by atoms with Crippen molar-refractivity contribution in [3.8, 4) is 5.75 Å². The van der Waals surface area contributed by atoms with E-state index in [0.717, 1.165) is 48.8 Å². The van der Waals surface area contributed by atoms with Gasteiger partial charge in [-0.15, -0.1) is 0 Å². The highest BCUT2D eigenvalue weighted by Gasteiger charge is 2.32. The minimum Gasteiger partial charge on any atom is -0.490 e. The van der Waals surface area contributed by atoms with Crippen molar-refractivity contribution < 1.29 is 13.5 Å². The largest absolute Gasteiger partial charge is 0.490 e. The normalized spacial score (nSPS) is 26.0. The molecular formula is C31H40F2O. The predicted octanol–water partition coefficient (Wildman–Crippen LogP) is 9.51. The van der Waals surface area contributed by atoms with Crippen molar-refractivity contribution in [3.63, 3.8) is 0 Å². The molecule has 34 heavy (non-hydrogen) atoms. The van der Waals surface area contributed by atoms with Gasteiger partial charge in [0, 0.05) is 5.39 Å². The van der Waals surface area contributed by atoms with Crippen LogP contribution in [0.2, 0.25) is 0 Å². The van der Waals surface area contributed by atoms with Crippen molar-refractivity contribution in [2.75, 3.05) is 6.61 Å². The van der Waals surface area contributed by atoms with Gasteiger partial charge in [0.05, 0.1) is 0 Å². The monoisotopic (exact) mass is 466 g/mol. The van der Waals surface area contributed by atoms with E-state index < -0.39 is 11.6 Å². The molecule has 4 rings (SSSR count). The topological polar surface area (TPSA) is 9.23 Å². The highest BCUT2D eigenvalue weighted by atomic mass is 19.2. The first-order valence-corrected chi connectivity index (χ1v) is 13.4. The maximum absolute atomic E-state index is 15.1. The first kappa shape index (κ1) is 24.9. The highest BCUT2D eigenvalue weighted by Crippen LogP contribution is 2.45. The number of hydrogen-bond donors (Lipinski definition) is 0. The Morgan fingerprint density at radius 3 is 2.26 bits per heavy atom. The van der Waals surface area contributed by atoms with E-state index in [1.165, 1.54) is 38.5 Å². The van der Waals surface area contributed by atoms with Crippen LogP contribution < -0.4 is 4.74 Å². The molecule has 1 nitrogen and oxygen atoms in total. The van der Waals surface area contributed by atoms with Gasteiger partial charge in [0.1, 0.15) is 12.4 Å². The van der Waals surface area contributed by atoms with Crippen molar-refractivity contribution >= 4 is 10.8 Å². The number of halogens is 2. The van der Waals surface area contributed by atoms with Crippen molar-refractivity contribution in [3.05, 3.63) is 65.8 Å². The van der Waals surface area contributed by atoms with E-state index in [9.17, 15) is 0 Å². The molecule has 2 aromatic rings. The summed E-state index contributed by atoms with van der Waals surface area (Å²) in [5.41, 5.74) is 0.566. The van der Waals surface area contributed by atoms with Crippen LogP contribution in [-0.4, -0.2) is 6.61 Å². The lowest BCUT2D eigenvalue weighted by Crippen LogP contribution is -2.25. The molecule has 0 unspecified atom stereocenters. The smallest absolute Gasteiger partial charge is 0.167 e. The van der Waals surface area contributed by atoms with Crippen LogP contribution in [-0.2, 0) is 0 Å². The summed E-state index contributed by atoms with van der Waals surface area (Å²) < 4.78 is 35.8. The molecule has 0 spiro atoms. The highest BCUT2D eigenvalue weighted by molar-refractivity contribution is 5.85. The third kappa shape index (κ3) is 5.90. The van der Waals surface area contributed by atoms with Crippen molar-refractivity contribution in [1.29, 1.82) is 0 Å². The lowest BCUT2D eigenvalue weighted by atomic mass is 9.68. The maximum Gasteiger partial charge on any atom is 0.167 e. The first-order valence-electron chi connectivity index (χ1n) is 13.4. The third-order valence-corrected chi connectivity index (χ3v) is 8.16. The van der Waals surface area contributed by atoms with Crippen molar-refractivity contribution in [1.82, 2.24) is 0 Å². The number of rotatable bonds is 8. The molecule has 0 aromatic heterocycles. The van der Waals surface area contributed by atoms with E-state index in [1.54, 1.807) is 6.07 Å². The van der Waals surface area contributed by atoms with Gasteiger partial charge in [-0.2, -0.15) is 0 Å². The Hall–Kier alpha value is -2.16. The number of ether oxygens (including phenoxy) is 1. The number of hydrogen-bond acceptors (Lipinski definition) is 1. The molecule has 0 amide bonds. The lowest BCUT2D eigenvalue weighted by Gasteiger charge is -2.37. The van der Waals surface area contributed by atoms with Crippen LogP contribution in [0.4, 0.5) is 8.78 Å². The summed E-state index contributed by atoms with van der Waals surface area (Å²) >= 11 is 0. The lowest BCUT2D eigenvalue weighted by molar-refractivity contribution is 0.170. The van der Waals surface area contributed by atoms with Gasteiger partial charge in [-0.25, -0.2) is 8.78 Å². The quantitative estimate of drug-likeness (QED) is 0.352. The van der Waals surface area contributed by atoms with Gasteiger partial charge in [0.2, 0.25) is 0 Å². The van der Waals surface area contributed by atoms with Gasteiger partial charge in [0.15, 0.2) is 11.6 Å². The molecule has 0 bridgehead atoms. The average Bonchev–Trinajstić information content (AvgIpc) is 2.87. The second kappa shape index (κ2) is 12.0. The SMILES string of the molecule is CC=CCOc1ccc2cc(C3CCC(C4CCC(/C=C/CCC)CC4)CC3)c(F)c(F)c2c1. The standard InChI is InChI=1S/C31H40F2O/c1-3-5-7-8-22-9-11-23(12-10-22)24-13-15-25(16-14-24)28-20-26-17-18-27(34-19-6-4-2)21-29(26)31(33)30(28)32/h4,6-8,17-18,20-25H,3,5,9-16,19H2,1-2H3/b6-4?,8-7+. The van der Waals surface area contributed by atoms with E-state index in [-0.39, 0.29) is 5.92 Å². The van der Waals surface area contributed by atoms with Gasteiger partial charge in [-0.1, -0.05) is 43.7 Å². The third-order valence-electron chi connectivity index (χ3n) is 8.16. The maximum atomic E-state index is 15.1. The van der Waals surface area contributed by atoms with Crippen LogP contribution in [0, 0.1) is 29.4 Å². The van der Waals surface area contributed by atoms with Gasteiger partial charge in [-0.3, -0.25) is 0 Å². The fraction of sp³-hybridized carbons (Fsp3) is 0.548. The molecule has 0 atom stereocenters. The Kier molecular flexibility index (Phi) is 8.80. The Morgan fingerprint density at radius 1 is 0.882 bits per heavy atom. The number of unbranched alkanes of at least 4 members (excludes halogenated alkanes) is 1. The summed E-state index contributed by atoms with van der Waals surface area (Å²) in [5.74, 6) is 1.61. The van der Waals surface area contributed by atoms with Crippen LogP contribution >= 0.6 is 0 Å². The Bertz CT molecular complexity index is 992. The molecule has 2 fully saturated rings. The summed E-state index contributed by atoms with van der Waals surface area (Å²) in [6.45, 7) is 4.57. The van der Waals surface area contributed by atoms with Crippen LogP contribution in [0.1, 0.15) is 89.5 Å². The van der Waals surface area contributed by atoms with E-state index in [1.807, 2.05) is 37.3 Å². The molecule has 2 aliphatic carbocycles. The number of allylic oxidation sites excluding steroid dienone is 3. The molecule has 2 aliphatic rings. The van der Waals surface area contributed by atoms with Crippen LogP contribution in [0.15, 0.2) is 48.6 Å². The van der Waals surface area contributed by atoms with Gasteiger partial charge in [-0.05, 0) is 118 Å². The van der Waals surface area contributed by atoms with Crippen LogP contribution in [0.25, 0.3) is 10.8 Å². The van der Waals surface area contributed by atoms with Gasteiger partial charge < -0.3 is 4.74 Å². The first-order chi connectivity index (χ1) is 16.6. The summed E-state index contributed by atoms with van der Waals surface area (Å²) in [7, 11) is 0. The molecule has 2 saturated carbocycles. The summed E-state index contributed by atoms with van der Waals surface area (Å²) in [4.78, 5) is 0. The summed E-state index contributed by atoms with van der Waals surface area (Å²) in [6.07, 6.45) is 20.5. The Balaban J connectivity index is 1.37. The second-order valence-electron chi connectivity index (χ2n) is 10.4. The van der Waals surface area contributed by atoms with Crippen LogP contribution in [0.3, 0.4) is 0 Å². The van der Waals surface area contributed by atoms with Crippen LogP contribution in [0.5, 0.6) is 5.75 Å².